The van der Waals surface area contributed by atoms with E-state index >= 15 is 0 Å². The summed E-state index contributed by atoms with van der Waals surface area (Å²) in [6.45, 7) is 6.40. The Bertz CT molecular complexity index is 563. The van der Waals surface area contributed by atoms with Gasteiger partial charge in [-0.3, -0.25) is 14.4 Å². The van der Waals surface area contributed by atoms with Crippen molar-refractivity contribution in [2.24, 2.45) is 5.92 Å². The molecule has 0 saturated heterocycles. The van der Waals surface area contributed by atoms with Crippen LogP contribution in [0, 0.1) is 12.8 Å². The van der Waals surface area contributed by atoms with Crippen molar-refractivity contribution in [3.8, 4) is 0 Å². The quantitative estimate of drug-likeness (QED) is 0.803. The van der Waals surface area contributed by atoms with Gasteiger partial charge in [0.2, 0.25) is 0 Å². The average molecular weight is 294 g/mol. The molecule has 6 nitrogen and oxygen atoms in total. The van der Waals surface area contributed by atoms with Gasteiger partial charge in [0.15, 0.2) is 5.43 Å². The molecule has 1 amide bonds. The number of methoxy groups -OCH3 is 1. The Hall–Kier alpha value is -2.11. The molecule has 1 aromatic heterocycles. The minimum atomic E-state index is -0.380. The number of pyridine rings is 1. The van der Waals surface area contributed by atoms with E-state index in [2.05, 4.69) is 9.72 Å². The fourth-order valence-corrected chi connectivity index (χ4v) is 1.96. The van der Waals surface area contributed by atoms with E-state index in [0.717, 1.165) is 0 Å². The first-order valence-corrected chi connectivity index (χ1v) is 6.90. The summed E-state index contributed by atoms with van der Waals surface area (Å²) in [5.74, 6) is -0.514. The number of hydrogen-bond acceptors (Lipinski definition) is 4. The first kappa shape index (κ1) is 16.9. The van der Waals surface area contributed by atoms with E-state index in [1.54, 1.807) is 6.92 Å². The van der Waals surface area contributed by atoms with E-state index in [9.17, 15) is 14.4 Å². The zero-order chi connectivity index (χ0) is 16.0. The number of aryl methyl sites for hydroxylation is 1. The number of carbonyl (C=O) groups excluding carboxylic acids is 2. The zero-order valence-electron chi connectivity index (χ0n) is 12.9. The predicted octanol–water partition coefficient (Wildman–Crippen LogP) is 1.34. The van der Waals surface area contributed by atoms with Crippen molar-refractivity contribution in [1.82, 2.24) is 9.88 Å². The third kappa shape index (κ3) is 5.06. The standard InChI is InChI=1S/C15H22N2O4/c1-10(2)9-17(6-5-14(19)21-4)15(20)12-8-16-11(3)7-13(12)18/h7-8,10H,5-6,9H2,1-4H3,(H,16,18). The lowest BCUT2D eigenvalue weighted by molar-refractivity contribution is -0.140. The Kier molecular flexibility index (Phi) is 6.14. The topological polar surface area (TPSA) is 79.5 Å². The molecule has 0 spiro atoms. The van der Waals surface area contributed by atoms with Crippen molar-refractivity contribution in [3.05, 3.63) is 33.7 Å². The van der Waals surface area contributed by atoms with Crippen LogP contribution in [0.25, 0.3) is 0 Å². The number of aromatic amines is 1. The largest absolute Gasteiger partial charge is 0.469 e. The van der Waals surface area contributed by atoms with E-state index in [-0.39, 0.29) is 41.8 Å². The van der Waals surface area contributed by atoms with Crippen LogP contribution in [0.4, 0.5) is 0 Å². The van der Waals surface area contributed by atoms with E-state index in [1.165, 1.54) is 24.3 Å². The Morgan fingerprint density at radius 2 is 2.05 bits per heavy atom. The van der Waals surface area contributed by atoms with Crippen molar-refractivity contribution in [3.63, 3.8) is 0 Å². The molecule has 0 unspecified atom stereocenters. The summed E-state index contributed by atoms with van der Waals surface area (Å²) in [5.41, 5.74) is 0.468. The van der Waals surface area contributed by atoms with Crippen LogP contribution in [0.3, 0.4) is 0 Å². The third-order valence-corrected chi connectivity index (χ3v) is 2.97. The summed E-state index contributed by atoms with van der Waals surface area (Å²) in [6, 6.07) is 1.39. The number of esters is 1. The molecule has 0 bridgehead atoms. The number of H-pyrrole nitrogens is 1. The van der Waals surface area contributed by atoms with Crippen LogP contribution in [-0.4, -0.2) is 42.0 Å². The van der Waals surface area contributed by atoms with Crippen LogP contribution in [0.2, 0.25) is 0 Å². The van der Waals surface area contributed by atoms with Crippen LogP contribution >= 0.6 is 0 Å². The molecule has 116 valence electrons. The molecule has 0 atom stereocenters. The molecular formula is C15H22N2O4. The van der Waals surface area contributed by atoms with Crippen LogP contribution < -0.4 is 5.43 Å². The lowest BCUT2D eigenvalue weighted by Crippen LogP contribution is -2.38. The average Bonchev–Trinajstić information content (AvgIpc) is 2.42. The molecule has 0 aliphatic heterocycles. The number of ether oxygens (including phenoxy) is 1. The number of carbonyl (C=O) groups is 2. The van der Waals surface area contributed by atoms with Gasteiger partial charge in [0.05, 0.1) is 13.5 Å². The van der Waals surface area contributed by atoms with Crippen LogP contribution in [0.1, 0.15) is 36.3 Å². The second-order valence-corrected chi connectivity index (χ2v) is 5.37. The minimum absolute atomic E-state index is 0.0890. The second kappa shape index (κ2) is 7.61. The van der Waals surface area contributed by atoms with Crippen LogP contribution in [0.5, 0.6) is 0 Å². The van der Waals surface area contributed by atoms with Crippen LogP contribution in [0.15, 0.2) is 17.1 Å². The Morgan fingerprint density at radius 1 is 1.38 bits per heavy atom. The van der Waals surface area contributed by atoms with Gasteiger partial charge in [-0.1, -0.05) is 13.8 Å². The Balaban J connectivity index is 2.93. The van der Waals surface area contributed by atoms with E-state index in [4.69, 9.17) is 0 Å². The number of nitrogens with zero attached hydrogens (tertiary/aromatic N) is 1. The Morgan fingerprint density at radius 3 is 2.57 bits per heavy atom. The van der Waals surface area contributed by atoms with Gasteiger partial charge in [-0.15, -0.1) is 0 Å². The van der Waals surface area contributed by atoms with Gasteiger partial charge in [-0.25, -0.2) is 0 Å². The van der Waals surface area contributed by atoms with Gasteiger partial charge < -0.3 is 14.6 Å². The highest BCUT2D eigenvalue weighted by atomic mass is 16.5. The van der Waals surface area contributed by atoms with Crippen molar-refractivity contribution < 1.29 is 14.3 Å². The minimum Gasteiger partial charge on any atom is -0.469 e. The zero-order valence-corrected chi connectivity index (χ0v) is 12.9. The maximum absolute atomic E-state index is 12.5. The third-order valence-electron chi connectivity index (χ3n) is 2.97. The van der Waals surface area contributed by atoms with Crippen molar-refractivity contribution in [1.29, 1.82) is 0 Å². The van der Waals surface area contributed by atoms with Gasteiger partial charge in [-0.05, 0) is 12.8 Å². The number of amides is 1. The molecule has 1 aromatic rings. The van der Waals surface area contributed by atoms with Crippen molar-refractivity contribution in [2.45, 2.75) is 27.2 Å². The summed E-state index contributed by atoms with van der Waals surface area (Å²) in [5, 5.41) is 0. The van der Waals surface area contributed by atoms with Crippen LogP contribution in [-0.2, 0) is 9.53 Å². The smallest absolute Gasteiger partial charge is 0.307 e. The highest BCUT2D eigenvalue weighted by molar-refractivity contribution is 5.94. The molecule has 0 aromatic carbocycles. The fraction of sp³-hybridized carbons (Fsp3) is 0.533. The molecule has 0 fully saturated rings. The SMILES string of the molecule is COC(=O)CCN(CC(C)C)C(=O)c1c[nH]c(C)cc1=O. The highest BCUT2D eigenvalue weighted by Crippen LogP contribution is 2.06. The number of aromatic nitrogens is 1. The van der Waals surface area contributed by atoms with Crippen molar-refractivity contribution in [2.75, 3.05) is 20.2 Å². The monoisotopic (exact) mass is 294 g/mol. The fourth-order valence-electron chi connectivity index (χ4n) is 1.96. The maximum Gasteiger partial charge on any atom is 0.307 e. The summed E-state index contributed by atoms with van der Waals surface area (Å²) >= 11 is 0. The molecule has 21 heavy (non-hydrogen) atoms. The van der Waals surface area contributed by atoms with Crippen molar-refractivity contribution >= 4 is 11.9 Å². The van der Waals surface area contributed by atoms with E-state index in [0.29, 0.717) is 12.2 Å². The molecule has 1 heterocycles. The van der Waals surface area contributed by atoms with Gasteiger partial charge in [0.25, 0.3) is 5.91 Å². The molecule has 1 rings (SSSR count). The maximum atomic E-state index is 12.5. The molecule has 6 heteroatoms. The summed E-state index contributed by atoms with van der Waals surface area (Å²) < 4.78 is 4.59. The molecule has 0 saturated carbocycles. The summed E-state index contributed by atoms with van der Waals surface area (Å²) in [6.07, 6.45) is 1.53. The normalized spacial score (nSPS) is 10.5. The second-order valence-electron chi connectivity index (χ2n) is 5.37. The summed E-state index contributed by atoms with van der Waals surface area (Å²) in [4.78, 5) is 40.0. The van der Waals surface area contributed by atoms with Gasteiger partial charge in [0.1, 0.15) is 5.56 Å². The number of hydrogen-bond donors (Lipinski definition) is 1. The summed E-state index contributed by atoms with van der Waals surface area (Å²) in [7, 11) is 1.31. The molecule has 1 N–H and O–H groups in total. The number of rotatable bonds is 6. The van der Waals surface area contributed by atoms with Gasteiger partial charge >= 0.3 is 5.97 Å². The first-order valence-electron chi connectivity index (χ1n) is 6.90. The predicted molar refractivity (Wildman–Crippen MR) is 79.2 cm³/mol. The van der Waals surface area contributed by atoms with E-state index < -0.39 is 0 Å². The van der Waals surface area contributed by atoms with Gasteiger partial charge in [-0.2, -0.15) is 0 Å². The molecule has 0 aliphatic carbocycles. The molecule has 0 aliphatic rings. The Labute approximate surface area is 124 Å². The highest BCUT2D eigenvalue weighted by Gasteiger charge is 2.20. The first-order chi connectivity index (χ1) is 9.85. The lowest BCUT2D eigenvalue weighted by Gasteiger charge is -2.24. The lowest BCUT2D eigenvalue weighted by atomic mass is 10.1. The number of nitrogens with one attached hydrogen (secondary N) is 1. The molecular weight excluding hydrogens is 272 g/mol. The van der Waals surface area contributed by atoms with Gasteiger partial charge in [0, 0.05) is 31.0 Å². The van der Waals surface area contributed by atoms with E-state index in [1.807, 2.05) is 13.8 Å². The molecule has 0 radical (unpaired) electrons.